The van der Waals surface area contributed by atoms with E-state index in [0.717, 1.165) is 0 Å². The van der Waals surface area contributed by atoms with E-state index in [1.165, 1.54) is 12.4 Å². The Labute approximate surface area is 121 Å². The molecule has 19 heavy (non-hydrogen) atoms. The molecule has 2 rings (SSSR count). The largest absolute Gasteiger partial charge is 0.506 e. The number of aromatic hydroxyl groups is 2. The summed E-state index contributed by atoms with van der Waals surface area (Å²) in [7, 11) is 0. The fourth-order valence-corrected chi connectivity index (χ4v) is 1.37. The zero-order valence-corrected chi connectivity index (χ0v) is 10.8. The Morgan fingerprint density at radius 1 is 0.684 bits per heavy atom. The second kappa shape index (κ2) is 7.36. The van der Waals surface area contributed by atoms with Crippen LogP contribution in [0.5, 0.6) is 11.5 Å². The van der Waals surface area contributed by atoms with E-state index in [0.29, 0.717) is 11.4 Å². The van der Waals surface area contributed by atoms with Gasteiger partial charge in [0.05, 0.1) is 0 Å². The maximum absolute atomic E-state index is 9.47. The molecule has 0 aromatic heterocycles. The van der Waals surface area contributed by atoms with Gasteiger partial charge in [-0.25, -0.2) is 0 Å². The smallest absolute Gasteiger partial charge is 0.141 e. The molecule has 101 valence electrons. The molecule has 0 unspecified atom stereocenters. The Bertz CT molecular complexity index is 544. The minimum atomic E-state index is 0. The summed E-state index contributed by atoms with van der Waals surface area (Å²) in [6.45, 7) is 0. The van der Waals surface area contributed by atoms with E-state index in [1.807, 2.05) is 0 Å². The summed E-state index contributed by atoms with van der Waals surface area (Å²) in [5, 5.41) is 18.9. The molecule has 2 aromatic rings. The fourth-order valence-electron chi connectivity index (χ4n) is 1.37. The molecule has 2 N–H and O–H groups in total. The summed E-state index contributed by atoms with van der Waals surface area (Å²) in [5.41, 5.74) is 0.947. The van der Waals surface area contributed by atoms with Gasteiger partial charge in [0.2, 0.25) is 0 Å². The first-order chi connectivity index (χ1) is 8.77. The van der Waals surface area contributed by atoms with Gasteiger partial charge in [-0.05, 0) is 24.3 Å². The van der Waals surface area contributed by atoms with Crippen molar-refractivity contribution < 1.29 is 27.3 Å². The number of benzene rings is 2. The van der Waals surface area contributed by atoms with Crippen LogP contribution in [-0.4, -0.2) is 22.6 Å². The first-order valence-corrected chi connectivity index (χ1v) is 5.40. The third kappa shape index (κ3) is 4.25. The molecule has 0 saturated heterocycles. The monoisotopic (exact) mass is 303 g/mol. The van der Waals surface area contributed by atoms with Gasteiger partial charge in [-0.2, -0.15) is 0 Å². The van der Waals surface area contributed by atoms with Gasteiger partial charge in [0.1, 0.15) is 22.9 Å². The van der Waals surface area contributed by atoms with Gasteiger partial charge < -0.3 is 10.2 Å². The SMILES string of the molecule is Oc1ccccc1N=CC=Nc1ccccc1O.[Cu]. The summed E-state index contributed by atoms with van der Waals surface area (Å²) in [6, 6.07) is 13.5. The molecule has 2 aromatic carbocycles. The topological polar surface area (TPSA) is 65.2 Å². The number of phenols is 2. The number of rotatable bonds is 3. The molecule has 0 fully saturated rings. The van der Waals surface area contributed by atoms with Gasteiger partial charge in [-0.15, -0.1) is 0 Å². The summed E-state index contributed by atoms with van der Waals surface area (Å²) in [4.78, 5) is 8.09. The Hall–Kier alpha value is -2.10. The first kappa shape index (κ1) is 15.0. The van der Waals surface area contributed by atoms with Crippen LogP contribution in [0.1, 0.15) is 0 Å². The second-order valence-electron chi connectivity index (χ2n) is 3.53. The molecule has 0 aliphatic carbocycles. The molecular weight excluding hydrogens is 292 g/mol. The summed E-state index contributed by atoms with van der Waals surface area (Å²) in [6.07, 6.45) is 2.92. The predicted molar refractivity (Wildman–Crippen MR) is 72.5 cm³/mol. The van der Waals surface area contributed by atoms with Crippen molar-refractivity contribution in [1.29, 1.82) is 0 Å². The van der Waals surface area contributed by atoms with Crippen molar-refractivity contribution in [2.24, 2.45) is 9.98 Å². The molecule has 1 radical (unpaired) electrons. The Morgan fingerprint density at radius 3 is 1.42 bits per heavy atom. The van der Waals surface area contributed by atoms with Gasteiger partial charge in [0, 0.05) is 29.5 Å². The maximum Gasteiger partial charge on any atom is 0.141 e. The molecule has 0 saturated carbocycles. The number of para-hydroxylation sites is 4. The number of hydrogen-bond donors (Lipinski definition) is 2. The Morgan fingerprint density at radius 2 is 1.05 bits per heavy atom. The molecule has 0 bridgehead atoms. The van der Waals surface area contributed by atoms with Crippen LogP contribution in [0, 0.1) is 0 Å². The fraction of sp³-hybridized carbons (Fsp3) is 0. The normalized spacial score (nSPS) is 10.7. The maximum atomic E-state index is 9.47. The minimum absolute atomic E-state index is 0. The van der Waals surface area contributed by atoms with Gasteiger partial charge in [-0.1, -0.05) is 24.3 Å². The number of phenolic OH excluding ortho intramolecular Hbond substituents is 2. The molecule has 0 heterocycles. The summed E-state index contributed by atoms with van der Waals surface area (Å²) >= 11 is 0. The molecule has 5 heteroatoms. The Balaban J connectivity index is 0.00000180. The van der Waals surface area contributed by atoms with E-state index in [1.54, 1.807) is 48.5 Å². The molecule has 0 aliphatic rings. The van der Waals surface area contributed by atoms with Crippen LogP contribution in [0.15, 0.2) is 58.5 Å². The average molecular weight is 304 g/mol. The summed E-state index contributed by atoms with van der Waals surface area (Å²) in [5.74, 6) is 0.231. The molecule has 4 nitrogen and oxygen atoms in total. The van der Waals surface area contributed by atoms with Crippen LogP contribution in [0.2, 0.25) is 0 Å². The van der Waals surface area contributed by atoms with Gasteiger partial charge in [0.25, 0.3) is 0 Å². The molecule has 0 amide bonds. The molecule has 0 aliphatic heterocycles. The zero-order valence-electron chi connectivity index (χ0n) is 9.86. The van der Waals surface area contributed by atoms with E-state index in [9.17, 15) is 10.2 Å². The quantitative estimate of drug-likeness (QED) is 0.675. The van der Waals surface area contributed by atoms with Crippen LogP contribution < -0.4 is 0 Å². The van der Waals surface area contributed by atoms with Crippen molar-refractivity contribution in [3.63, 3.8) is 0 Å². The predicted octanol–water partition coefficient (Wildman–Crippen LogP) is 3.20. The van der Waals surface area contributed by atoms with Crippen molar-refractivity contribution in [3.05, 3.63) is 48.5 Å². The average Bonchev–Trinajstić information content (AvgIpc) is 2.38. The number of aliphatic imine (C=N–C) groups is 2. The third-order valence-corrected chi connectivity index (χ3v) is 2.26. The van der Waals surface area contributed by atoms with Gasteiger partial charge >= 0.3 is 0 Å². The third-order valence-electron chi connectivity index (χ3n) is 2.26. The standard InChI is InChI=1S/C14H12N2O2.Cu/c17-13-7-3-1-5-11(13)15-9-10-16-12-6-2-4-8-14(12)18;/h1-10,17-18H;. The van der Waals surface area contributed by atoms with Crippen LogP contribution in [-0.2, 0) is 17.1 Å². The van der Waals surface area contributed by atoms with Crippen LogP contribution >= 0.6 is 0 Å². The number of hydrogen-bond acceptors (Lipinski definition) is 4. The van der Waals surface area contributed by atoms with Crippen molar-refractivity contribution >= 4 is 23.8 Å². The van der Waals surface area contributed by atoms with E-state index in [-0.39, 0.29) is 28.6 Å². The second-order valence-corrected chi connectivity index (χ2v) is 3.53. The molecular formula is C14H12CuN2O2. The van der Waals surface area contributed by atoms with Crippen molar-refractivity contribution in [2.45, 2.75) is 0 Å². The Kier molecular flexibility index (Phi) is 5.79. The van der Waals surface area contributed by atoms with Crippen LogP contribution in [0.3, 0.4) is 0 Å². The molecule has 0 atom stereocenters. The van der Waals surface area contributed by atoms with Crippen LogP contribution in [0.25, 0.3) is 0 Å². The minimum Gasteiger partial charge on any atom is -0.506 e. The number of nitrogens with zero attached hydrogens (tertiary/aromatic N) is 2. The summed E-state index contributed by atoms with van der Waals surface area (Å²) < 4.78 is 0. The molecule has 0 spiro atoms. The van der Waals surface area contributed by atoms with Crippen molar-refractivity contribution in [2.75, 3.05) is 0 Å². The first-order valence-electron chi connectivity index (χ1n) is 5.40. The van der Waals surface area contributed by atoms with Gasteiger partial charge in [-0.3, -0.25) is 9.98 Å². The van der Waals surface area contributed by atoms with Crippen LogP contribution in [0.4, 0.5) is 11.4 Å². The van der Waals surface area contributed by atoms with Gasteiger partial charge in [0.15, 0.2) is 0 Å². The van der Waals surface area contributed by atoms with E-state index >= 15 is 0 Å². The van der Waals surface area contributed by atoms with Crippen molar-refractivity contribution in [3.8, 4) is 11.5 Å². The van der Waals surface area contributed by atoms with Crippen molar-refractivity contribution in [1.82, 2.24) is 0 Å². The van der Waals surface area contributed by atoms with E-state index in [2.05, 4.69) is 9.98 Å². The zero-order chi connectivity index (χ0) is 12.8. The van der Waals surface area contributed by atoms with E-state index in [4.69, 9.17) is 0 Å². The van der Waals surface area contributed by atoms with E-state index < -0.39 is 0 Å².